The summed E-state index contributed by atoms with van der Waals surface area (Å²) in [4.78, 5) is 23.6. The first-order valence-electron chi connectivity index (χ1n) is 10.4. The normalized spacial score (nSPS) is 22.1. The van der Waals surface area contributed by atoms with Gasteiger partial charge in [-0.2, -0.15) is 23.4 Å². The van der Waals surface area contributed by atoms with Gasteiger partial charge >= 0.3 is 6.18 Å². The molecule has 2 aromatic heterocycles. The summed E-state index contributed by atoms with van der Waals surface area (Å²) in [5.41, 5.74) is -0.557. The van der Waals surface area contributed by atoms with Crippen LogP contribution in [0.5, 0.6) is 0 Å². The molecule has 1 amide bonds. The summed E-state index contributed by atoms with van der Waals surface area (Å²) in [7, 11) is 0. The SMILES string of the molecule is Cc1ccc(C(=O)N2[C@@H]3CC[C@H]2[C@H](Nc2cnc(C(F)(F)F)cn2)C3)c(-n2nccn2)c1F. The van der Waals surface area contributed by atoms with E-state index in [0.717, 1.165) is 17.4 Å². The smallest absolute Gasteiger partial charge is 0.364 e. The first-order valence-corrected chi connectivity index (χ1v) is 10.4. The predicted octanol–water partition coefficient (Wildman–Crippen LogP) is 3.38. The quantitative estimate of drug-likeness (QED) is 0.600. The number of carbonyl (C=O) groups excluding carboxylic acids is 1. The highest BCUT2D eigenvalue weighted by molar-refractivity contribution is 5.98. The van der Waals surface area contributed by atoms with Gasteiger partial charge in [0, 0.05) is 6.04 Å². The second-order valence-electron chi connectivity index (χ2n) is 8.19. The lowest BCUT2D eigenvalue weighted by Gasteiger charge is -2.26. The first-order chi connectivity index (χ1) is 15.7. The van der Waals surface area contributed by atoms with Crippen LogP contribution in [0.15, 0.2) is 36.9 Å². The van der Waals surface area contributed by atoms with Crippen LogP contribution in [0.25, 0.3) is 5.69 Å². The van der Waals surface area contributed by atoms with Gasteiger partial charge < -0.3 is 10.2 Å². The van der Waals surface area contributed by atoms with Gasteiger partial charge in [-0.25, -0.2) is 14.4 Å². The van der Waals surface area contributed by atoms with E-state index in [4.69, 9.17) is 0 Å². The van der Waals surface area contributed by atoms with Gasteiger partial charge in [-0.05, 0) is 37.8 Å². The third kappa shape index (κ3) is 3.68. The molecule has 2 aliphatic heterocycles. The Kier molecular flexibility index (Phi) is 5.02. The number of nitrogens with zero attached hydrogens (tertiary/aromatic N) is 6. The molecular weight excluding hydrogens is 442 g/mol. The van der Waals surface area contributed by atoms with E-state index in [1.807, 2.05) is 0 Å². The molecule has 4 heterocycles. The number of rotatable bonds is 4. The second kappa shape index (κ2) is 7.78. The number of amides is 1. The van der Waals surface area contributed by atoms with E-state index in [-0.39, 0.29) is 41.1 Å². The molecule has 12 heteroatoms. The number of hydrogen-bond acceptors (Lipinski definition) is 6. The van der Waals surface area contributed by atoms with Gasteiger partial charge in [-0.1, -0.05) is 6.07 Å². The van der Waals surface area contributed by atoms with Gasteiger partial charge in [0.05, 0.1) is 42.4 Å². The molecule has 5 rings (SSSR count). The van der Waals surface area contributed by atoms with E-state index in [1.54, 1.807) is 24.0 Å². The molecule has 2 saturated heterocycles. The Balaban J connectivity index is 1.40. The molecule has 0 spiro atoms. The topological polar surface area (TPSA) is 88.8 Å². The number of carbonyl (C=O) groups is 1. The van der Waals surface area contributed by atoms with E-state index in [2.05, 4.69) is 25.5 Å². The zero-order valence-electron chi connectivity index (χ0n) is 17.4. The van der Waals surface area contributed by atoms with Crippen LogP contribution in [0.4, 0.5) is 23.4 Å². The highest BCUT2D eigenvalue weighted by Crippen LogP contribution is 2.40. The Morgan fingerprint density at radius 1 is 1.12 bits per heavy atom. The van der Waals surface area contributed by atoms with Gasteiger partial charge in [0.25, 0.3) is 5.91 Å². The summed E-state index contributed by atoms with van der Waals surface area (Å²) < 4.78 is 53.2. The van der Waals surface area contributed by atoms with Crippen LogP contribution in [0.3, 0.4) is 0 Å². The average Bonchev–Trinajstić information content (AvgIpc) is 3.51. The van der Waals surface area contributed by atoms with E-state index < -0.39 is 17.7 Å². The summed E-state index contributed by atoms with van der Waals surface area (Å²) in [6, 6.07) is 2.61. The number of anilines is 1. The Hall–Kier alpha value is -3.57. The van der Waals surface area contributed by atoms with Gasteiger partial charge in [0.2, 0.25) is 0 Å². The summed E-state index contributed by atoms with van der Waals surface area (Å²) >= 11 is 0. The van der Waals surface area contributed by atoms with Crippen molar-refractivity contribution in [2.45, 2.75) is 50.5 Å². The van der Waals surface area contributed by atoms with Gasteiger partial charge in [0.1, 0.15) is 11.5 Å². The number of fused-ring (bicyclic) bond motifs is 2. The van der Waals surface area contributed by atoms with Crippen LogP contribution in [0.2, 0.25) is 0 Å². The number of benzene rings is 1. The molecule has 3 aromatic rings. The summed E-state index contributed by atoms with van der Waals surface area (Å²) in [6.07, 6.45) is 2.06. The Morgan fingerprint density at radius 3 is 2.55 bits per heavy atom. The molecule has 2 fully saturated rings. The van der Waals surface area contributed by atoms with Crippen molar-refractivity contribution in [1.82, 2.24) is 29.9 Å². The minimum Gasteiger partial charge on any atom is -0.364 e. The third-order valence-corrected chi connectivity index (χ3v) is 6.21. The highest BCUT2D eigenvalue weighted by atomic mass is 19.4. The van der Waals surface area contributed by atoms with Crippen LogP contribution >= 0.6 is 0 Å². The zero-order valence-corrected chi connectivity index (χ0v) is 17.4. The maximum Gasteiger partial charge on any atom is 0.434 e. The molecule has 2 aliphatic rings. The standard InChI is InChI=1S/C21H19F4N7O/c1-11-2-4-13(19(18(11)22)32-28-6-7-29-32)20(33)31-12-3-5-15(31)14(8-12)30-17-10-26-16(9-27-17)21(23,24)25/h2,4,6-7,9-10,12,14-15H,3,5,8H2,1H3,(H,27,30)/t12-,14-,15+/m1/s1. The largest absolute Gasteiger partial charge is 0.434 e. The summed E-state index contributed by atoms with van der Waals surface area (Å²) in [5.74, 6) is -0.703. The van der Waals surface area contributed by atoms with Gasteiger partial charge in [-0.3, -0.25) is 4.79 Å². The van der Waals surface area contributed by atoms with E-state index in [0.29, 0.717) is 24.6 Å². The number of alkyl halides is 3. The fraction of sp³-hybridized carbons (Fsp3) is 0.381. The molecule has 0 saturated carbocycles. The number of aromatic nitrogens is 5. The fourth-order valence-electron chi connectivity index (χ4n) is 4.70. The Labute approximate surface area is 185 Å². The lowest BCUT2D eigenvalue weighted by atomic mass is 9.95. The molecule has 0 unspecified atom stereocenters. The van der Waals surface area contributed by atoms with Crippen molar-refractivity contribution in [2.75, 3.05) is 5.32 Å². The highest BCUT2D eigenvalue weighted by Gasteiger charge is 2.49. The summed E-state index contributed by atoms with van der Waals surface area (Å²) in [5, 5.41) is 11.1. The average molecular weight is 461 g/mol. The lowest BCUT2D eigenvalue weighted by molar-refractivity contribution is -0.141. The van der Waals surface area contributed by atoms with Crippen LogP contribution in [0, 0.1) is 12.7 Å². The van der Waals surface area contributed by atoms with Crippen LogP contribution in [-0.4, -0.2) is 53.9 Å². The number of hydrogen-bond donors (Lipinski definition) is 1. The molecule has 1 aromatic carbocycles. The molecule has 1 N–H and O–H groups in total. The van der Waals surface area contributed by atoms with Crippen molar-refractivity contribution < 1.29 is 22.4 Å². The van der Waals surface area contributed by atoms with Gasteiger partial charge in [-0.15, -0.1) is 4.80 Å². The zero-order chi connectivity index (χ0) is 23.3. The lowest BCUT2D eigenvalue weighted by Crippen LogP contribution is -2.40. The monoisotopic (exact) mass is 461 g/mol. The molecule has 2 bridgehead atoms. The van der Waals surface area contributed by atoms with Gasteiger partial charge in [0.15, 0.2) is 11.5 Å². The van der Waals surface area contributed by atoms with E-state index >= 15 is 0 Å². The maximum absolute atomic E-state index is 15.0. The molecular formula is C21H19F4N7O. The number of nitrogens with one attached hydrogen (secondary N) is 1. The van der Waals surface area contributed by atoms with Crippen molar-refractivity contribution in [3.8, 4) is 5.69 Å². The van der Waals surface area contributed by atoms with E-state index in [9.17, 15) is 22.4 Å². The minimum atomic E-state index is -4.56. The van der Waals surface area contributed by atoms with Crippen molar-refractivity contribution in [2.24, 2.45) is 0 Å². The first kappa shape index (κ1) is 21.3. The fourth-order valence-corrected chi connectivity index (χ4v) is 4.70. The van der Waals surface area contributed by atoms with Crippen LogP contribution in [-0.2, 0) is 6.18 Å². The van der Waals surface area contributed by atoms with Crippen molar-refractivity contribution >= 4 is 11.7 Å². The number of halogens is 4. The van der Waals surface area contributed by atoms with Crippen LogP contribution < -0.4 is 5.32 Å². The number of aryl methyl sites for hydroxylation is 1. The second-order valence-corrected chi connectivity index (χ2v) is 8.19. The predicted molar refractivity (Wildman–Crippen MR) is 108 cm³/mol. The Morgan fingerprint density at radius 2 is 1.88 bits per heavy atom. The molecule has 33 heavy (non-hydrogen) atoms. The van der Waals surface area contributed by atoms with Crippen molar-refractivity contribution in [3.05, 3.63) is 59.6 Å². The molecule has 0 aliphatic carbocycles. The van der Waals surface area contributed by atoms with Crippen molar-refractivity contribution in [1.29, 1.82) is 0 Å². The Bertz CT molecular complexity index is 1180. The van der Waals surface area contributed by atoms with E-state index in [1.165, 1.54) is 12.4 Å². The molecule has 3 atom stereocenters. The molecule has 8 nitrogen and oxygen atoms in total. The van der Waals surface area contributed by atoms with Crippen molar-refractivity contribution in [3.63, 3.8) is 0 Å². The maximum atomic E-state index is 15.0. The third-order valence-electron chi connectivity index (χ3n) is 6.21. The minimum absolute atomic E-state index is 0.00517. The van der Waals surface area contributed by atoms with Crippen LogP contribution in [0.1, 0.15) is 40.9 Å². The summed E-state index contributed by atoms with van der Waals surface area (Å²) in [6.45, 7) is 1.60. The molecule has 172 valence electrons. The molecule has 0 radical (unpaired) electrons.